The maximum absolute atomic E-state index is 14.3. The number of halogens is 9. The predicted molar refractivity (Wildman–Crippen MR) is 125 cm³/mol. The molecule has 0 saturated carbocycles. The lowest BCUT2D eigenvalue weighted by Crippen LogP contribution is -2.41. The first-order valence-corrected chi connectivity index (χ1v) is 11.8. The number of alkyl halides is 6. The summed E-state index contributed by atoms with van der Waals surface area (Å²) in [5, 5.41) is 2.64. The van der Waals surface area contributed by atoms with Gasteiger partial charge in [-0.2, -0.15) is 26.3 Å². The monoisotopic (exact) mass is 589 g/mol. The molecule has 0 saturated heterocycles. The van der Waals surface area contributed by atoms with Crippen LogP contribution < -0.4 is 10.6 Å². The maximum Gasteiger partial charge on any atom is 0.409 e. The second-order valence-electron chi connectivity index (χ2n) is 7.99. The van der Waals surface area contributed by atoms with E-state index in [9.17, 15) is 40.3 Å². The minimum atomic E-state index is -4.82. The third-order valence-corrected chi connectivity index (χ3v) is 7.12. The van der Waals surface area contributed by atoms with Gasteiger partial charge in [0.15, 0.2) is 10.6 Å². The molecule has 1 unspecified atom stereocenters. The normalized spacial score (nSPS) is 17.9. The van der Waals surface area contributed by atoms with Crippen molar-refractivity contribution < 1.29 is 40.3 Å². The average molecular weight is 590 g/mol. The first-order valence-electron chi connectivity index (χ1n) is 10.2. The van der Waals surface area contributed by atoms with Crippen LogP contribution in [0.4, 0.5) is 30.7 Å². The van der Waals surface area contributed by atoms with Crippen molar-refractivity contribution in [3.63, 3.8) is 0 Å². The van der Waals surface area contributed by atoms with E-state index in [1.807, 2.05) is 0 Å². The molecule has 2 amide bonds. The number of carbonyl (C=O) groups excluding carboxylic acids is 2. The van der Waals surface area contributed by atoms with Crippen LogP contribution in [0.5, 0.6) is 0 Å². The maximum atomic E-state index is 14.3. The lowest BCUT2D eigenvalue weighted by atomic mass is 9.89. The fourth-order valence-corrected chi connectivity index (χ4v) is 4.91. The SMILES string of the molecule is Cc1cc(C2=NSC(c3cc(Cl)c(F)c(Cl)c3)(C(F)(F)F)C2)ccc1C(=O)NCC(=O)NCC(F)(F)F. The van der Waals surface area contributed by atoms with Gasteiger partial charge in [-0.1, -0.05) is 29.3 Å². The lowest BCUT2D eigenvalue weighted by Gasteiger charge is -2.30. The Balaban J connectivity index is 1.77. The predicted octanol–water partition coefficient (Wildman–Crippen LogP) is 6.15. The molecule has 2 N–H and O–H groups in total. The Hall–Kier alpha value is -2.51. The third kappa shape index (κ3) is 6.50. The van der Waals surface area contributed by atoms with Gasteiger partial charge in [-0.05, 0) is 59.8 Å². The van der Waals surface area contributed by atoms with E-state index in [2.05, 4.69) is 9.71 Å². The molecule has 0 spiro atoms. The van der Waals surface area contributed by atoms with Crippen LogP contribution in [0.3, 0.4) is 0 Å². The molecule has 1 heterocycles. The van der Waals surface area contributed by atoms with Gasteiger partial charge < -0.3 is 10.6 Å². The van der Waals surface area contributed by atoms with Gasteiger partial charge in [0.25, 0.3) is 5.91 Å². The zero-order valence-electron chi connectivity index (χ0n) is 18.6. The molecule has 2 aromatic carbocycles. The van der Waals surface area contributed by atoms with E-state index in [0.29, 0.717) is 5.56 Å². The van der Waals surface area contributed by atoms with E-state index < -0.39 is 64.3 Å². The van der Waals surface area contributed by atoms with Crippen LogP contribution in [0.1, 0.15) is 33.5 Å². The summed E-state index contributed by atoms with van der Waals surface area (Å²) < 4.78 is 94.4. The molecule has 5 nitrogen and oxygen atoms in total. The number of nitrogens with one attached hydrogen (secondary N) is 2. The number of hydrogen-bond donors (Lipinski definition) is 2. The number of aryl methyl sites for hydroxylation is 1. The van der Waals surface area contributed by atoms with Crippen molar-refractivity contribution in [2.75, 3.05) is 13.1 Å². The molecule has 1 aliphatic rings. The van der Waals surface area contributed by atoms with E-state index in [1.54, 1.807) is 5.32 Å². The van der Waals surface area contributed by atoms with Gasteiger partial charge in [-0.15, -0.1) is 0 Å². The molecule has 0 radical (unpaired) electrons. The highest BCUT2D eigenvalue weighted by atomic mass is 35.5. The summed E-state index contributed by atoms with van der Waals surface area (Å²) in [7, 11) is 0. The molecule has 200 valence electrons. The van der Waals surface area contributed by atoms with Crippen molar-refractivity contribution in [2.24, 2.45) is 4.40 Å². The molecule has 0 bridgehead atoms. The summed E-state index contributed by atoms with van der Waals surface area (Å²) in [6.45, 7) is -0.775. The van der Waals surface area contributed by atoms with Gasteiger partial charge in [0.05, 0.1) is 22.3 Å². The first kappa shape index (κ1) is 29.1. The van der Waals surface area contributed by atoms with Gasteiger partial charge in [-0.3, -0.25) is 9.59 Å². The standard InChI is InChI=1S/C22H16Cl2F7N3O2S/c1-10-4-11(2-3-13(10)19(36)32-8-17(35)33-9-21(26,27)28)16-7-20(37-34-16,22(29,30)31)12-5-14(23)18(25)15(24)6-12/h2-6H,7-9H2,1H3,(H,32,36)(H,33,35). The fraction of sp³-hybridized carbons (Fsp3) is 0.318. The van der Waals surface area contributed by atoms with E-state index in [0.717, 1.165) is 12.1 Å². The summed E-state index contributed by atoms with van der Waals surface area (Å²) in [6, 6.07) is 5.76. The summed E-state index contributed by atoms with van der Waals surface area (Å²) in [5.41, 5.74) is 0.306. The molecule has 2 aromatic rings. The highest BCUT2D eigenvalue weighted by Gasteiger charge is 2.60. The molecular formula is C22H16Cl2F7N3O2S. The van der Waals surface area contributed by atoms with Gasteiger partial charge in [0.2, 0.25) is 5.91 Å². The Morgan fingerprint density at radius 3 is 2.22 bits per heavy atom. The minimum absolute atomic E-state index is 0.0421. The summed E-state index contributed by atoms with van der Waals surface area (Å²) >= 11 is 11.7. The van der Waals surface area contributed by atoms with Crippen molar-refractivity contribution in [3.8, 4) is 0 Å². The van der Waals surface area contributed by atoms with E-state index in [1.165, 1.54) is 25.1 Å². The highest BCUT2D eigenvalue weighted by Crippen LogP contribution is 2.57. The lowest BCUT2D eigenvalue weighted by molar-refractivity contribution is -0.159. The quantitative estimate of drug-likeness (QED) is 0.241. The number of rotatable bonds is 6. The van der Waals surface area contributed by atoms with E-state index >= 15 is 0 Å². The van der Waals surface area contributed by atoms with Crippen molar-refractivity contribution in [2.45, 2.75) is 30.4 Å². The molecule has 0 aromatic heterocycles. The molecule has 3 rings (SSSR count). The van der Waals surface area contributed by atoms with Crippen LogP contribution >= 0.6 is 35.1 Å². The second kappa shape index (κ2) is 10.7. The molecular weight excluding hydrogens is 574 g/mol. The third-order valence-electron chi connectivity index (χ3n) is 5.34. The average Bonchev–Trinajstić information content (AvgIpc) is 3.26. The van der Waals surface area contributed by atoms with Gasteiger partial charge in [-0.25, -0.2) is 8.79 Å². The second-order valence-corrected chi connectivity index (χ2v) is 9.87. The Morgan fingerprint density at radius 1 is 1.05 bits per heavy atom. The Morgan fingerprint density at radius 2 is 1.68 bits per heavy atom. The number of carbonyl (C=O) groups is 2. The fourth-order valence-electron chi connectivity index (χ4n) is 3.46. The van der Waals surface area contributed by atoms with Gasteiger partial charge >= 0.3 is 12.4 Å². The van der Waals surface area contributed by atoms with Crippen LogP contribution in [-0.4, -0.2) is 43.0 Å². The van der Waals surface area contributed by atoms with Crippen molar-refractivity contribution in [1.29, 1.82) is 0 Å². The van der Waals surface area contributed by atoms with Crippen LogP contribution in [0.15, 0.2) is 34.7 Å². The van der Waals surface area contributed by atoms with Crippen LogP contribution in [0.2, 0.25) is 10.0 Å². The summed E-state index contributed by atoms with van der Waals surface area (Å²) in [5.74, 6) is -2.87. The topological polar surface area (TPSA) is 70.6 Å². The molecule has 0 aliphatic carbocycles. The summed E-state index contributed by atoms with van der Waals surface area (Å²) in [6.07, 6.45) is -10.1. The summed E-state index contributed by atoms with van der Waals surface area (Å²) in [4.78, 5) is 23.8. The molecule has 1 atom stereocenters. The van der Waals surface area contributed by atoms with Gasteiger partial charge in [0, 0.05) is 12.0 Å². The molecule has 0 fully saturated rings. The van der Waals surface area contributed by atoms with E-state index in [-0.39, 0.29) is 34.3 Å². The van der Waals surface area contributed by atoms with Crippen LogP contribution in [0, 0.1) is 12.7 Å². The van der Waals surface area contributed by atoms with Crippen molar-refractivity contribution >= 4 is 52.7 Å². The highest BCUT2D eigenvalue weighted by molar-refractivity contribution is 7.99. The Bertz CT molecular complexity index is 1240. The molecule has 15 heteroatoms. The Labute approximate surface area is 219 Å². The number of benzene rings is 2. The van der Waals surface area contributed by atoms with Crippen molar-refractivity contribution in [3.05, 3.63) is 68.4 Å². The van der Waals surface area contributed by atoms with Crippen LogP contribution in [0.25, 0.3) is 0 Å². The van der Waals surface area contributed by atoms with E-state index in [4.69, 9.17) is 23.2 Å². The molecule has 37 heavy (non-hydrogen) atoms. The molecule has 1 aliphatic heterocycles. The Kier molecular flexibility index (Phi) is 8.40. The number of hydrogen-bond acceptors (Lipinski definition) is 4. The van der Waals surface area contributed by atoms with Crippen LogP contribution in [-0.2, 0) is 9.54 Å². The smallest absolute Gasteiger partial charge is 0.345 e. The number of amides is 2. The van der Waals surface area contributed by atoms with Gasteiger partial charge in [0.1, 0.15) is 6.54 Å². The zero-order valence-corrected chi connectivity index (χ0v) is 20.9. The minimum Gasteiger partial charge on any atom is -0.345 e. The zero-order chi connectivity index (χ0) is 27.8. The number of nitrogens with zero attached hydrogens (tertiary/aromatic N) is 1. The largest absolute Gasteiger partial charge is 0.409 e. The van der Waals surface area contributed by atoms with Crippen molar-refractivity contribution in [1.82, 2.24) is 10.6 Å². The first-order chi connectivity index (χ1) is 17.0.